The van der Waals surface area contributed by atoms with Gasteiger partial charge in [0.05, 0.1) is 0 Å². The first kappa shape index (κ1) is 21.2. The predicted molar refractivity (Wildman–Crippen MR) is 96.3 cm³/mol. The van der Waals surface area contributed by atoms with Gasteiger partial charge in [0.2, 0.25) is 0 Å². The van der Waals surface area contributed by atoms with Crippen LogP contribution in [-0.2, 0) is 4.79 Å². The second-order valence-corrected chi connectivity index (χ2v) is 6.85. The topological polar surface area (TPSA) is 37.3 Å². The van der Waals surface area contributed by atoms with Gasteiger partial charge in [-0.2, -0.15) is 0 Å². The van der Waals surface area contributed by atoms with Gasteiger partial charge >= 0.3 is 5.97 Å². The van der Waals surface area contributed by atoms with Crippen molar-refractivity contribution >= 4 is 5.97 Å². The molecule has 0 aliphatic carbocycles. The van der Waals surface area contributed by atoms with Crippen LogP contribution in [0.4, 0.5) is 0 Å². The molecule has 1 atom stereocenters. The van der Waals surface area contributed by atoms with Gasteiger partial charge in [-0.3, -0.25) is 0 Å². The first-order valence-electron chi connectivity index (χ1n) is 9.48. The fourth-order valence-electron chi connectivity index (χ4n) is 2.80. The van der Waals surface area contributed by atoms with E-state index in [0.717, 1.165) is 18.8 Å². The minimum Gasteiger partial charge on any atom is -0.478 e. The van der Waals surface area contributed by atoms with E-state index >= 15 is 0 Å². The van der Waals surface area contributed by atoms with Crippen molar-refractivity contribution in [2.45, 2.75) is 104 Å². The summed E-state index contributed by atoms with van der Waals surface area (Å²) in [6.45, 7) is 6.35. The molecule has 0 aliphatic heterocycles. The Labute approximate surface area is 138 Å². The van der Waals surface area contributed by atoms with Gasteiger partial charge in [-0.1, -0.05) is 90.6 Å². The molecule has 0 aromatic heterocycles. The quantitative estimate of drug-likeness (QED) is 0.268. The monoisotopic (exact) mass is 310 g/mol. The zero-order valence-electron chi connectivity index (χ0n) is 15.2. The maximum absolute atomic E-state index is 10.6. The standard InChI is InChI=1S/C20H38O2/c1-4-5-15-18(2)16-13-11-9-7-6-8-10-12-14-17-19(3)20(21)22/h17-18H,4-16H2,1-3H3,(H,21,22). The fourth-order valence-corrected chi connectivity index (χ4v) is 2.80. The van der Waals surface area contributed by atoms with Crippen LogP contribution in [0.15, 0.2) is 11.6 Å². The Morgan fingerprint density at radius 1 is 0.909 bits per heavy atom. The molecule has 0 spiro atoms. The number of hydrogen-bond acceptors (Lipinski definition) is 1. The Hall–Kier alpha value is -0.790. The molecule has 22 heavy (non-hydrogen) atoms. The van der Waals surface area contributed by atoms with Gasteiger partial charge in [0, 0.05) is 5.57 Å². The third kappa shape index (κ3) is 14.2. The molecule has 0 saturated heterocycles. The molecule has 2 heteroatoms. The summed E-state index contributed by atoms with van der Waals surface area (Å²) < 4.78 is 0. The Balaban J connectivity index is 3.24. The van der Waals surface area contributed by atoms with Gasteiger partial charge in [0.1, 0.15) is 0 Å². The molecule has 130 valence electrons. The average molecular weight is 311 g/mol. The van der Waals surface area contributed by atoms with Crippen LogP contribution in [0.5, 0.6) is 0 Å². The number of carbonyl (C=O) groups is 1. The molecular weight excluding hydrogens is 272 g/mol. The highest BCUT2D eigenvalue weighted by molar-refractivity contribution is 5.85. The normalized spacial score (nSPS) is 13.3. The Morgan fingerprint density at radius 3 is 1.95 bits per heavy atom. The second-order valence-electron chi connectivity index (χ2n) is 6.85. The zero-order chi connectivity index (χ0) is 16.6. The van der Waals surface area contributed by atoms with Crippen molar-refractivity contribution in [1.82, 2.24) is 0 Å². The molecule has 0 saturated carbocycles. The predicted octanol–water partition coefficient (Wildman–Crippen LogP) is 6.74. The molecule has 0 aliphatic rings. The van der Waals surface area contributed by atoms with Gasteiger partial charge < -0.3 is 5.11 Å². The highest BCUT2D eigenvalue weighted by atomic mass is 16.4. The summed E-state index contributed by atoms with van der Waals surface area (Å²) in [5, 5.41) is 8.73. The molecule has 2 nitrogen and oxygen atoms in total. The molecule has 0 aromatic carbocycles. The van der Waals surface area contributed by atoms with Crippen molar-refractivity contribution in [3.8, 4) is 0 Å². The SMILES string of the molecule is CCCCC(C)CCCCCCCCCCC=C(C)C(=O)O. The number of carboxylic acids is 1. The lowest BCUT2D eigenvalue weighted by Gasteiger charge is -2.10. The molecule has 0 fully saturated rings. The van der Waals surface area contributed by atoms with E-state index in [0.29, 0.717) is 5.57 Å². The minimum atomic E-state index is -0.788. The van der Waals surface area contributed by atoms with Gasteiger partial charge in [-0.25, -0.2) is 4.79 Å². The molecule has 0 radical (unpaired) electrons. The lowest BCUT2D eigenvalue weighted by Crippen LogP contribution is -1.95. The summed E-state index contributed by atoms with van der Waals surface area (Å²) in [5.74, 6) is 0.131. The van der Waals surface area contributed by atoms with Gasteiger partial charge in [-0.05, 0) is 25.7 Å². The smallest absolute Gasteiger partial charge is 0.330 e. The summed E-state index contributed by atoms with van der Waals surface area (Å²) in [5.41, 5.74) is 0.480. The van der Waals surface area contributed by atoms with Gasteiger partial charge in [-0.15, -0.1) is 0 Å². The molecule has 0 heterocycles. The molecular formula is C20H38O2. The zero-order valence-corrected chi connectivity index (χ0v) is 15.2. The van der Waals surface area contributed by atoms with Crippen LogP contribution in [0, 0.1) is 5.92 Å². The number of carboxylic acid groups (broad SMARTS) is 1. The maximum atomic E-state index is 10.6. The lowest BCUT2D eigenvalue weighted by atomic mass is 9.97. The average Bonchev–Trinajstić information content (AvgIpc) is 2.50. The first-order chi connectivity index (χ1) is 10.6. The molecule has 1 unspecified atom stereocenters. The fraction of sp³-hybridized carbons (Fsp3) is 0.850. The van der Waals surface area contributed by atoms with Crippen LogP contribution in [0.25, 0.3) is 0 Å². The van der Waals surface area contributed by atoms with E-state index in [1.807, 2.05) is 6.08 Å². The van der Waals surface area contributed by atoms with Crippen LogP contribution in [0.3, 0.4) is 0 Å². The van der Waals surface area contributed by atoms with Crippen molar-refractivity contribution in [3.05, 3.63) is 11.6 Å². The number of rotatable bonds is 15. The summed E-state index contributed by atoms with van der Waals surface area (Å²) in [7, 11) is 0. The van der Waals surface area contributed by atoms with Crippen LogP contribution < -0.4 is 0 Å². The summed E-state index contributed by atoms with van der Waals surface area (Å²) >= 11 is 0. The van der Waals surface area contributed by atoms with E-state index in [9.17, 15) is 4.79 Å². The van der Waals surface area contributed by atoms with Gasteiger partial charge in [0.25, 0.3) is 0 Å². The van der Waals surface area contributed by atoms with E-state index in [4.69, 9.17) is 5.11 Å². The lowest BCUT2D eigenvalue weighted by molar-refractivity contribution is -0.132. The third-order valence-corrected chi connectivity index (χ3v) is 4.49. The molecule has 0 bridgehead atoms. The summed E-state index contributed by atoms with van der Waals surface area (Å²) in [6, 6.07) is 0. The first-order valence-corrected chi connectivity index (χ1v) is 9.48. The van der Waals surface area contributed by atoms with Crippen molar-refractivity contribution < 1.29 is 9.90 Å². The Morgan fingerprint density at radius 2 is 1.41 bits per heavy atom. The third-order valence-electron chi connectivity index (χ3n) is 4.49. The highest BCUT2D eigenvalue weighted by Crippen LogP contribution is 2.17. The van der Waals surface area contributed by atoms with Crippen molar-refractivity contribution in [3.63, 3.8) is 0 Å². The van der Waals surface area contributed by atoms with E-state index in [1.165, 1.54) is 70.6 Å². The van der Waals surface area contributed by atoms with Crippen molar-refractivity contribution in [2.24, 2.45) is 5.92 Å². The molecule has 0 rings (SSSR count). The number of allylic oxidation sites excluding steroid dienone is 1. The van der Waals surface area contributed by atoms with Crippen LogP contribution in [-0.4, -0.2) is 11.1 Å². The van der Waals surface area contributed by atoms with Crippen LogP contribution in [0.1, 0.15) is 104 Å². The molecule has 0 aromatic rings. The largest absolute Gasteiger partial charge is 0.478 e. The van der Waals surface area contributed by atoms with Crippen molar-refractivity contribution in [1.29, 1.82) is 0 Å². The number of aliphatic carboxylic acids is 1. The van der Waals surface area contributed by atoms with Crippen molar-refractivity contribution in [2.75, 3.05) is 0 Å². The second kappa shape index (κ2) is 15.1. The van der Waals surface area contributed by atoms with E-state index in [-0.39, 0.29) is 0 Å². The number of unbranched alkanes of at least 4 members (excludes halogenated alkanes) is 9. The Kier molecular flexibility index (Phi) is 14.6. The summed E-state index contributed by atoms with van der Waals surface area (Å²) in [6.07, 6.45) is 18.9. The van der Waals surface area contributed by atoms with Crippen LogP contribution in [0.2, 0.25) is 0 Å². The van der Waals surface area contributed by atoms with E-state index < -0.39 is 5.97 Å². The minimum absolute atomic E-state index is 0.480. The van der Waals surface area contributed by atoms with Gasteiger partial charge in [0.15, 0.2) is 0 Å². The Bertz CT molecular complexity index is 294. The van der Waals surface area contributed by atoms with E-state index in [2.05, 4.69) is 13.8 Å². The highest BCUT2D eigenvalue weighted by Gasteiger charge is 2.01. The molecule has 1 N–H and O–H groups in total. The summed E-state index contributed by atoms with van der Waals surface area (Å²) in [4.78, 5) is 10.6. The maximum Gasteiger partial charge on any atom is 0.330 e. The molecule has 0 amide bonds. The van der Waals surface area contributed by atoms with Crippen LogP contribution >= 0.6 is 0 Å². The number of hydrogen-bond donors (Lipinski definition) is 1. The van der Waals surface area contributed by atoms with E-state index in [1.54, 1.807) is 6.92 Å².